The van der Waals surface area contributed by atoms with E-state index in [2.05, 4.69) is 11.9 Å². The molecule has 1 rings (SSSR count). The second-order valence-corrected chi connectivity index (χ2v) is 4.21. The number of methoxy groups -OCH3 is 1. The topological polar surface area (TPSA) is 65.2 Å². The number of carbonyl (C=O) groups excluding carboxylic acids is 1. The zero-order valence-electron chi connectivity index (χ0n) is 9.53. The van der Waals surface area contributed by atoms with E-state index in [1.807, 2.05) is 6.08 Å². The number of hydrogen-bond donors (Lipinski definition) is 1. The Hall–Kier alpha value is -1.36. The van der Waals surface area contributed by atoms with Crippen molar-refractivity contribution in [1.82, 2.24) is 4.98 Å². The Morgan fingerprint density at radius 3 is 2.94 bits per heavy atom. The molecule has 0 bridgehead atoms. The molecule has 4 nitrogen and oxygen atoms in total. The highest BCUT2D eigenvalue weighted by Crippen LogP contribution is 2.21. The third-order valence-corrected chi connectivity index (χ3v) is 2.78. The Morgan fingerprint density at radius 1 is 1.69 bits per heavy atom. The van der Waals surface area contributed by atoms with E-state index in [-0.39, 0.29) is 5.97 Å². The molecule has 0 radical (unpaired) electrons. The summed E-state index contributed by atoms with van der Waals surface area (Å²) in [6.07, 6.45) is 4.84. The summed E-state index contributed by atoms with van der Waals surface area (Å²) < 4.78 is 4.72. The molecule has 0 atom stereocenters. The SMILES string of the molecule is CCCC/C=C(/C(=O)OC)c1csc(N)n1. The number of esters is 1. The van der Waals surface area contributed by atoms with Crippen molar-refractivity contribution >= 4 is 28.0 Å². The largest absolute Gasteiger partial charge is 0.465 e. The Morgan fingerprint density at radius 2 is 2.44 bits per heavy atom. The minimum absolute atomic E-state index is 0.360. The molecule has 0 aliphatic heterocycles. The molecular formula is C11H16N2O2S. The van der Waals surface area contributed by atoms with Gasteiger partial charge >= 0.3 is 5.97 Å². The molecule has 16 heavy (non-hydrogen) atoms. The van der Waals surface area contributed by atoms with Gasteiger partial charge in [-0.15, -0.1) is 11.3 Å². The van der Waals surface area contributed by atoms with Crippen LogP contribution in [-0.2, 0) is 9.53 Å². The van der Waals surface area contributed by atoms with E-state index in [1.165, 1.54) is 18.4 Å². The first kappa shape index (κ1) is 12.7. The highest BCUT2D eigenvalue weighted by atomic mass is 32.1. The fourth-order valence-electron chi connectivity index (χ4n) is 1.26. The van der Waals surface area contributed by atoms with Gasteiger partial charge < -0.3 is 10.5 Å². The summed E-state index contributed by atoms with van der Waals surface area (Å²) in [6, 6.07) is 0. The molecule has 0 aromatic carbocycles. The Balaban J connectivity index is 2.87. The number of nitrogens with zero attached hydrogens (tertiary/aromatic N) is 1. The van der Waals surface area contributed by atoms with Crippen molar-refractivity contribution in [1.29, 1.82) is 0 Å². The molecule has 0 fully saturated rings. The number of carbonyl (C=O) groups is 1. The Bertz CT molecular complexity index is 385. The smallest absolute Gasteiger partial charge is 0.339 e. The van der Waals surface area contributed by atoms with Crippen molar-refractivity contribution in [3.05, 3.63) is 17.2 Å². The molecular weight excluding hydrogens is 224 g/mol. The zero-order chi connectivity index (χ0) is 12.0. The summed E-state index contributed by atoms with van der Waals surface area (Å²) in [5, 5.41) is 2.23. The lowest BCUT2D eigenvalue weighted by molar-refractivity contribution is -0.133. The molecule has 0 saturated heterocycles. The number of nitrogen functional groups attached to an aromatic ring is 1. The molecule has 1 aromatic rings. The third kappa shape index (κ3) is 3.34. The van der Waals surface area contributed by atoms with Gasteiger partial charge in [0.2, 0.25) is 0 Å². The maximum atomic E-state index is 11.5. The average Bonchev–Trinajstić information content (AvgIpc) is 2.70. The second-order valence-electron chi connectivity index (χ2n) is 3.32. The van der Waals surface area contributed by atoms with Crippen molar-refractivity contribution < 1.29 is 9.53 Å². The number of allylic oxidation sites excluding steroid dienone is 1. The Kier molecular flexibility index (Phi) is 4.98. The van der Waals surface area contributed by atoms with Crippen LogP contribution in [0.3, 0.4) is 0 Å². The molecule has 0 unspecified atom stereocenters. The first-order valence-corrected chi connectivity index (χ1v) is 6.06. The van der Waals surface area contributed by atoms with Crippen LogP contribution in [0.25, 0.3) is 5.57 Å². The van der Waals surface area contributed by atoms with Gasteiger partial charge in [-0.2, -0.15) is 0 Å². The second kappa shape index (κ2) is 6.27. The zero-order valence-corrected chi connectivity index (χ0v) is 10.3. The lowest BCUT2D eigenvalue weighted by Gasteiger charge is -2.02. The van der Waals surface area contributed by atoms with Crippen LogP contribution >= 0.6 is 11.3 Å². The van der Waals surface area contributed by atoms with E-state index in [1.54, 1.807) is 5.38 Å². The Labute approximate surface area is 99.1 Å². The van der Waals surface area contributed by atoms with Crippen molar-refractivity contribution in [2.24, 2.45) is 0 Å². The van der Waals surface area contributed by atoms with Crippen molar-refractivity contribution in [2.75, 3.05) is 12.8 Å². The van der Waals surface area contributed by atoms with E-state index >= 15 is 0 Å². The number of ether oxygens (including phenoxy) is 1. The van der Waals surface area contributed by atoms with Crippen LogP contribution in [0.1, 0.15) is 31.9 Å². The van der Waals surface area contributed by atoms with Gasteiger partial charge in [0.25, 0.3) is 0 Å². The van der Waals surface area contributed by atoms with Gasteiger partial charge in [-0.25, -0.2) is 9.78 Å². The lowest BCUT2D eigenvalue weighted by atomic mass is 10.1. The molecule has 0 amide bonds. The van der Waals surface area contributed by atoms with E-state index < -0.39 is 0 Å². The molecule has 88 valence electrons. The van der Waals surface area contributed by atoms with Crippen LogP contribution in [0, 0.1) is 0 Å². The van der Waals surface area contributed by atoms with Gasteiger partial charge in [0, 0.05) is 5.38 Å². The summed E-state index contributed by atoms with van der Waals surface area (Å²) >= 11 is 1.32. The highest BCUT2D eigenvalue weighted by Gasteiger charge is 2.14. The van der Waals surface area contributed by atoms with Gasteiger partial charge in [0.05, 0.1) is 18.4 Å². The molecule has 5 heteroatoms. The molecule has 0 aliphatic rings. The predicted molar refractivity (Wildman–Crippen MR) is 66.0 cm³/mol. The van der Waals surface area contributed by atoms with E-state index in [9.17, 15) is 4.79 Å². The lowest BCUT2D eigenvalue weighted by Crippen LogP contribution is -2.04. The van der Waals surface area contributed by atoms with Crippen molar-refractivity contribution in [3.63, 3.8) is 0 Å². The van der Waals surface area contributed by atoms with Crippen LogP contribution in [0.15, 0.2) is 11.5 Å². The molecule has 1 heterocycles. The third-order valence-electron chi connectivity index (χ3n) is 2.11. The number of thiazole rings is 1. The van der Waals surface area contributed by atoms with E-state index in [0.717, 1.165) is 19.3 Å². The van der Waals surface area contributed by atoms with Gasteiger partial charge in [-0.1, -0.05) is 25.8 Å². The molecule has 0 saturated carbocycles. The van der Waals surface area contributed by atoms with Gasteiger partial charge in [0.1, 0.15) is 0 Å². The molecule has 1 aromatic heterocycles. The van der Waals surface area contributed by atoms with Gasteiger partial charge in [-0.05, 0) is 6.42 Å². The first-order valence-electron chi connectivity index (χ1n) is 5.18. The predicted octanol–water partition coefficient (Wildman–Crippen LogP) is 2.47. The molecule has 0 aliphatic carbocycles. The summed E-state index contributed by atoms with van der Waals surface area (Å²) in [4.78, 5) is 15.6. The number of hydrogen-bond acceptors (Lipinski definition) is 5. The fraction of sp³-hybridized carbons (Fsp3) is 0.455. The van der Waals surface area contributed by atoms with Crippen LogP contribution in [0.5, 0.6) is 0 Å². The van der Waals surface area contributed by atoms with E-state index in [4.69, 9.17) is 10.5 Å². The number of unbranched alkanes of at least 4 members (excludes halogenated alkanes) is 2. The van der Waals surface area contributed by atoms with Gasteiger partial charge in [0.15, 0.2) is 5.13 Å². The van der Waals surface area contributed by atoms with Crippen molar-refractivity contribution in [3.8, 4) is 0 Å². The average molecular weight is 240 g/mol. The number of rotatable bonds is 5. The van der Waals surface area contributed by atoms with Crippen LogP contribution in [0.4, 0.5) is 5.13 Å². The number of nitrogens with two attached hydrogens (primary N) is 1. The minimum Gasteiger partial charge on any atom is -0.465 e. The number of anilines is 1. The van der Waals surface area contributed by atoms with Crippen LogP contribution < -0.4 is 5.73 Å². The quantitative estimate of drug-likeness (QED) is 0.488. The maximum Gasteiger partial charge on any atom is 0.339 e. The fourth-order valence-corrected chi connectivity index (χ4v) is 1.83. The standard InChI is InChI=1S/C11H16N2O2S/c1-3-4-5-6-8(10(14)15-2)9-7-16-11(12)13-9/h6-7H,3-5H2,1-2H3,(H2,12,13)/b8-6+. The summed E-state index contributed by atoms with van der Waals surface area (Å²) in [6.45, 7) is 2.10. The van der Waals surface area contributed by atoms with Gasteiger partial charge in [-0.3, -0.25) is 0 Å². The van der Waals surface area contributed by atoms with E-state index in [0.29, 0.717) is 16.4 Å². The summed E-state index contributed by atoms with van der Waals surface area (Å²) in [7, 11) is 1.37. The first-order chi connectivity index (χ1) is 7.69. The normalized spacial score (nSPS) is 11.5. The van der Waals surface area contributed by atoms with Crippen LogP contribution in [0.2, 0.25) is 0 Å². The maximum absolute atomic E-state index is 11.5. The molecule has 2 N–H and O–H groups in total. The number of aromatic nitrogens is 1. The monoisotopic (exact) mass is 240 g/mol. The minimum atomic E-state index is -0.360. The summed E-state index contributed by atoms with van der Waals surface area (Å²) in [5.74, 6) is -0.360. The summed E-state index contributed by atoms with van der Waals surface area (Å²) in [5.41, 5.74) is 6.65. The van der Waals surface area contributed by atoms with Crippen LogP contribution in [-0.4, -0.2) is 18.1 Å². The highest BCUT2D eigenvalue weighted by molar-refractivity contribution is 7.13. The molecule has 0 spiro atoms. The van der Waals surface area contributed by atoms with Crippen molar-refractivity contribution in [2.45, 2.75) is 26.2 Å².